The van der Waals surface area contributed by atoms with Gasteiger partial charge in [-0.2, -0.15) is 0 Å². The number of aliphatic hydroxyl groups is 1. The van der Waals surface area contributed by atoms with Crippen LogP contribution in [-0.2, 0) is 13.3 Å². The van der Waals surface area contributed by atoms with Crippen molar-refractivity contribution in [2.45, 2.75) is 51.7 Å². The Morgan fingerprint density at radius 1 is 1.19 bits per heavy atom. The van der Waals surface area contributed by atoms with Crippen molar-refractivity contribution < 1.29 is 18.4 Å². The van der Waals surface area contributed by atoms with E-state index in [1.807, 2.05) is 27.3 Å². The molecule has 0 spiro atoms. The average Bonchev–Trinajstić information content (AvgIpc) is 2.15. The molecule has 2 atom stereocenters. The zero-order valence-corrected chi connectivity index (χ0v) is 12.5. The van der Waals surface area contributed by atoms with E-state index in [1.54, 1.807) is 0 Å². The molecule has 2 unspecified atom stereocenters. The van der Waals surface area contributed by atoms with E-state index in [-0.39, 0.29) is 6.10 Å². The molecule has 1 N–H and O–H groups in total. The molecule has 98 valence electrons. The number of aliphatic hydroxyl groups excluding tert-OH is 1. The molecule has 0 saturated carbocycles. The Hall–Kier alpha value is 0.407. The molecule has 0 aliphatic rings. The highest BCUT2D eigenvalue weighted by Crippen LogP contribution is 2.16. The lowest BCUT2D eigenvalue weighted by Crippen LogP contribution is -2.45. The topological polar surface area (TPSA) is 47.9 Å². The van der Waals surface area contributed by atoms with Gasteiger partial charge >= 0.3 is 8.80 Å². The van der Waals surface area contributed by atoms with Crippen LogP contribution in [0.3, 0.4) is 0 Å². The molecule has 0 amide bonds. The number of hydrogen-bond donors (Lipinski definition) is 2. The predicted molar refractivity (Wildman–Crippen MR) is 69.6 cm³/mol. The average molecular weight is 268 g/mol. The van der Waals surface area contributed by atoms with Crippen molar-refractivity contribution in [1.29, 1.82) is 0 Å². The minimum absolute atomic E-state index is 0.0107. The van der Waals surface area contributed by atoms with E-state index < -0.39 is 14.2 Å². The summed E-state index contributed by atoms with van der Waals surface area (Å²) >= 11 is 3.92. The first-order chi connectivity index (χ1) is 7.43. The summed E-state index contributed by atoms with van der Waals surface area (Å²) in [5.41, 5.74) is -0.585. The quantitative estimate of drug-likeness (QED) is 0.382. The molecule has 0 aromatic rings. The SMILES string of the molecule is CCO[Si](C)(OCC)OC(C)CCC(O)S. The summed E-state index contributed by atoms with van der Waals surface area (Å²) in [7, 11) is -2.49. The molecular formula is C10H24O4SSi. The second-order valence-electron chi connectivity index (χ2n) is 3.71. The van der Waals surface area contributed by atoms with Crippen LogP contribution in [0.15, 0.2) is 0 Å². The minimum atomic E-state index is -2.49. The van der Waals surface area contributed by atoms with Gasteiger partial charge < -0.3 is 18.4 Å². The first kappa shape index (κ1) is 16.4. The van der Waals surface area contributed by atoms with Gasteiger partial charge in [0, 0.05) is 25.9 Å². The van der Waals surface area contributed by atoms with Crippen molar-refractivity contribution in [3.63, 3.8) is 0 Å². The zero-order valence-electron chi connectivity index (χ0n) is 10.6. The highest BCUT2D eigenvalue weighted by atomic mass is 32.1. The van der Waals surface area contributed by atoms with Gasteiger partial charge in [0.05, 0.1) is 5.44 Å². The number of rotatable bonds is 9. The van der Waals surface area contributed by atoms with Gasteiger partial charge in [0.25, 0.3) is 0 Å². The molecular weight excluding hydrogens is 244 g/mol. The minimum Gasteiger partial charge on any atom is -0.383 e. The Labute approximate surface area is 105 Å². The molecule has 0 saturated heterocycles. The highest BCUT2D eigenvalue weighted by Gasteiger charge is 2.35. The Morgan fingerprint density at radius 3 is 2.06 bits per heavy atom. The van der Waals surface area contributed by atoms with Crippen LogP contribution in [0.5, 0.6) is 0 Å². The van der Waals surface area contributed by atoms with Crippen LogP contribution in [0, 0.1) is 0 Å². The van der Waals surface area contributed by atoms with E-state index in [0.717, 1.165) is 6.42 Å². The van der Waals surface area contributed by atoms with Crippen LogP contribution in [-0.4, -0.2) is 38.7 Å². The third-order valence-corrected chi connectivity index (χ3v) is 4.77. The maximum atomic E-state index is 9.06. The van der Waals surface area contributed by atoms with Crippen molar-refractivity contribution in [3.05, 3.63) is 0 Å². The van der Waals surface area contributed by atoms with Gasteiger partial charge in [-0.25, -0.2) is 0 Å². The molecule has 6 heteroatoms. The third kappa shape index (κ3) is 7.64. The molecule has 4 nitrogen and oxygen atoms in total. The lowest BCUT2D eigenvalue weighted by atomic mass is 10.2. The highest BCUT2D eigenvalue weighted by molar-refractivity contribution is 7.80. The van der Waals surface area contributed by atoms with E-state index in [0.29, 0.717) is 19.6 Å². The molecule has 0 fully saturated rings. The summed E-state index contributed by atoms with van der Waals surface area (Å²) in [6.45, 7) is 8.88. The van der Waals surface area contributed by atoms with Crippen LogP contribution >= 0.6 is 12.6 Å². The van der Waals surface area contributed by atoms with Gasteiger partial charge in [-0.3, -0.25) is 0 Å². The summed E-state index contributed by atoms with van der Waals surface area (Å²) < 4.78 is 16.9. The second-order valence-corrected chi connectivity index (χ2v) is 6.85. The van der Waals surface area contributed by atoms with Gasteiger partial charge in [-0.15, -0.1) is 12.6 Å². The fourth-order valence-electron chi connectivity index (χ4n) is 1.44. The fourth-order valence-corrected chi connectivity index (χ4v) is 3.71. The Balaban J connectivity index is 4.06. The Morgan fingerprint density at radius 2 is 1.69 bits per heavy atom. The van der Waals surface area contributed by atoms with Crippen LogP contribution in [0.2, 0.25) is 6.55 Å². The summed E-state index contributed by atoms with van der Waals surface area (Å²) in [6, 6.07) is 0. The maximum absolute atomic E-state index is 9.06. The number of hydrogen-bond acceptors (Lipinski definition) is 5. The van der Waals surface area contributed by atoms with Gasteiger partial charge in [0.15, 0.2) is 0 Å². The monoisotopic (exact) mass is 268 g/mol. The molecule has 0 aromatic carbocycles. The Kier molecular flexibility index (Phi) is 8.71. The van der Waals surface area contributed by atoms with E-state index in [2.05, 4.69) is 12.6 Å². The first-order valence-corrected chi connectivity index (χ1v) is 8.49. The molecule has 0 bridgehead atoms. The molecule has 0 aliphatic carbocycles. The summed E-state index contributed by atoms with van der Waals surface area (Å²) in [5, 5.41) is 9.06. The van der Waals surface area contributed by atoms with Crippen molar-refractivity contribution in [3.8, 4) is 0 Å². The second kappa shape index (κ2) is 8.49. The standard InChI is InChI=1S/C10H24O4SSi/c1-5-12-16(4,13-6-2)14-9(3)7-8-10(11)15/h9-11,15H,5-8H2,1-4H3. The van der Waals surface area contributed by atoms with Crippen LogP contribution in [0.1, 0.15) is 33.6 Å². The first-order valence-electron chi connectivity index (χ1n) is 5.75. The van der Waals surface area contributed by atoms with Crippen LogP contribution < -0.4 is 0 Å². The molecule has 0 rings (SSSR count). The molecule has 0 heterocycles. The van der Waals surface area contributed by atoms with E-state index >= 15 is 0 Å². The Bertz CT molecular complexity index is 174. The molecule has 0 aliphatic heterocycles. The smallest absolute Gasteiger partial charge is 0.383 e. The van der Waals surface area contributed by atoms with Crippen LogP contribution in [0.4, 0.5) is 0 Å². The van der Waals surface area contributed by atoms with Crippen molar-refractivity contribution in [1.82, 2.24) is 0 Å². The fraction of sp³-hybridized carbons (Fsp3) is 1.00. The van der Waals surface area contributed by atoms with E-state index in [9.17, 15) is 0 Å². The predicted octanol–water partition coefficient (Wildman–Crippen LogP) is 2.06. The van der Waals surface area contributed by atoms with Crippen molar-refractivity contribution in [2.24, 2.45) is 0 Å². The van der Waals surface area contributed by atoms with E-state index in [4.69, 9.17) is 18.4 Å². The van der Waals surface area contributed by atoms with E-state index in [1.165, 1.54) is 0 Å². The molecule has 0 radical (unpaired) electrons. The zero-order chi connectivity index (χ0) is 12.6. The maximum Gasteiger partial charge on any atom is 0.497 e. The van der Waals surface area contributed by atoms with Crippen molar-refractivity contribution >= 4 is 21.4 Å². The number of thiol groups is 1. The lowest BCUT2D eigenvalue weighted by molar-refractivity contribution is 0.0384. The summed E-state index contributed by atoms with van der Waals surface area (Å²) in [5.74, 6) is 0. The summed E-state index contributed by atoms with van der Waals surface area (Å²) in [4.78, 5) is 0. The van der Waals surface area contributed by atoms with Crippen molar-refractivity contribution in [2.75, 3.05) is 13.2 Å². The molecule has 16 heavy (non-hydrogen) atoms. The summed E-state index contributed by atoms with van der Waals surface area (Å²) in [6.07, 6.45) is 1.36. The van der Waals surface area contributed by atoms with Gasteiger partial charge in [-0.05, 0) is 33.6 Å². The lowest BCUT2D eigenvalue weighted by Gasteiger charge is -2.28. The normalized spacial score (nSPS) is 16.1. The largest absolute Gasteiger partial charge is 0.497 e. The van der Waals surface area contributed by atoms with Gasteiger partial charge in [-0.1, -0.05) is 0 Å². The third-order valence-electron chi connectivity index (χ3n) is 2.06. The van der Waals surface area contributed by atoms with Gasteiger partial charge in [0.1, 0.15) is 0 Å². The molecule has 0 aromatic heterocycles. The van der Waals surface area contributed by atoms with Gasteiger partial charge in [0.2, 0.25) is 0 Å². The van der Waals surface area contributed by atoms with Crippen LogP contribution in [0.25, 0.3) is 0 Å².